The predicted octanol–water partition coefficient (Wildman–Crippen LogP) is 2.83. The molecule has 132 valence electrons. The van der Waals surface area contributed by atoms with Crippen molar-refractivity contribution in [3.63, 3.8) is 0 Å². The van der Waals surface area contributed by atoms with Crippen LogP contribution < -0.4 is 9.80 Å². The van der Waals surface area contributed by atoms with Crippen molar-refractivity contribution in [1.29, 1.82) is 0 Å². The van der Waals surface area contributed by atoms with Gasteiger partial charge in [-0.15, -0.1) is 0 Å². The molecule has 0 saturated heterocycles. The molecule has 0 bridgehead atoms. The Bertz CT molecular complexity index is 806. The van der Waals surface area contributed by atoms with E-state index in [1.807, 2.05) is 53.8 Å². The monoisotopic (exact) mass is 339 g/mol. The molecule has 3 heterocycles. The van der Waals surface area contributed by atoms with E-state index in [0.29, 0.717) is 18.2 Å². The summed E-state index contributed by atoms with van der Waals surface area (Å²) in [7, 11) is 3.95. The second-order valence-corrected chi connectivity index (χ2v) is 7.14. The first kappa shape index (κ1) is 16.1. The van der Waals surface area contributed by atoms with Crippen LogP contribution in [0.1, 0.15) is 53.8 Å². The largest absolute Gasteiger partial charge is 0.361 e. The number of aryl methyl sites for hydroxylation is 2. The Balaban J connectivity index is 1.75. The molecule has 1 amide bonds. The Morgan fingerprint density at radius 2 is 2.16 bits per heavy atom. The average Bonchev–Trinajstić information content (AvgIpc) is 3.39. The molecular formula is C19H25N5O. The highest BCUT2D eigenvalue weighted by Gasteiger charge is 2.32. The first-order valence-corrected chi connectivity index (χ1v) is 9.15. The number of fused-ring (bicyclic) bond motifs is 1. The number of hydrogen-bond acceptors (Lipinski definition) is 4. The van der Waals surface area contributed by atoms with Crippen molar-refractivity contribution in [1.82, 2.24) is 14.8 Å². The number of hydrogen-bond donors (Lipinski definition) is 0. The third-order valence-electron chi connectivity index (χ3n) is 5.07. The van der Waals surface area contributed by atoms with Crippen LogP contribution in [0.5, 0.6) is 0 Å². The fourth-order valence-corrected chi connectivity index (χ4v) is 3.61. The summed E-state index contributed by atoms with van der Waals surface area (Å²) in [6.07, 6.45) is 6.18. The van der Waals surface area contributed by atoms with Crippen LogP contribution in [0.25, 0.3) is 0 Å². The van der Waals surface area contributed by atoms with Gasteiger partial charge < -0.3 is 9.80 Å². The number of rotatable bonds is 4. The van der Waals surface area contributed by atoms with Crippen LogP contribution in [0.15, 0.2) is 18.3 Å². The van der Waals surface area contributed by atoms with Crippen molar-refractivity contribution < 1.29 is 4.79 Å². The van der Waals surface area contributed by atoms with Crippen molar-refractivity contribution in [3.05, 3.63) is 35.3 Å². The molecule has 4 rings (SSSR count). The predicted molar refractivity (Wildman–Crippen MR) is 98.4 cm³/mol. The van der Waals surface area contributed by atoms with E-state index in [1.54, 1.807) is 0 Å². The smallest absolute Gasteiger partial charge is 0.276 e. The van der Waals surface area contributed by atoms with Crippen molar-refractivity contribution >= 4 is 17.4 Å². The van der Waals surface area contributed by atoms with Gasteiger partial charge in [0.05, 0.1) is 11.4 Å². The van der Waals surface area contributed by atoms with Gasteiger partial charge in [0.25, 0.3) is 5.91 Å². The molecule has 1 aliphatic carbocycles. The van der Waals surface area contributed by atoms with Gasteiger partial charge in [0, 0.05) is 39.3 Å². The normalized spacial score (nSPS) is 16.7. The second-order valence-electron chi connectivity index (χ2n) is 7.14. The Labute approximate surface area is 148 Å². The van der Waals surface area contributed by atoms with E-state index in [2.05, 4.69) is 10.1 Å². The number of pyridine rings is 1. The van der Waals surface area contributed by atoms with Gasteiger partial charge in [-0.05, 0) is 50.3 Å². The highest BCUT2D eigenvalue weighted by atomic mass is 16.2. The van der Waals surface area contributed by atoms with Crippen LogP contribution in [0, 0.1) is 0 Å². The molecule has 1 aliphatic heterocycles. The number of amides is 1. The van der Waals surface area contributed by atoms with E-state index < -0.39 is 0 Å². The SMILES string of the molecule is CCn1nc(C2CC2)cc1C(=O)N1CCCc2ccnc(N(C)C)c21. The molecule has 1 fully saturated rings. The van der Waals surface area contributed by atoms with Gasteiger partial charge in [-0.2, -0.15) is 5.10 Å². The maximum atomic E-state index is 13.4. The molecule has 0 N–H and O–H groups in total. The third-order valence-corrected chi connectivity index (χ3v) is 5.07. The van der Waals surface area contributed by atoms with Crippen LogP contribution in [-0.2, 0) is 13.0 Å². The lowest BCUT2D eigenvalue weighted by molar-refractivity contribution is 0.0975. The fraction of sp³-hybridized carbons (Fsp3) is 0.526. The van der Waals surface area contributed by atoms with Gasteiger partial charge in [-0.1, -0.05) is 0 Å². The van der Waals surface area contributed by atoms with Gasteiger partial charge >= 0.3 is 0 Å². The van der Waals surface area contributed by atoms with Gasteiger partial charge in [-0.25, -0.2) is 4.98 Å². The number of aromatic nitrogens is 3. The summed E-state index contributed by atoms with van der Waals surface area (Å²) >= 11 is 0. The van der Waals surface area contributed by atoms with E-state index in [0.717, 1.165) is 36.6 Å². The first-order valence-electron chi connectivity index (χ1n) is 9.15. The van der Waals surface area contributed by atoms with Crippen LogP contribution >= 0.6 is 0 Å². The average molecular weight is 339 g/mol. The van der Waals surface area contributed by atoms with E-state index in [4.69, 9.17) is 0 Å². The van der Waals surface area contributed by atoms with Crippen LogP contribution in [0.2, 0.25) is 0 Å². The minimum atomic E-state index is 0.0401. The van der Waals surface area contributed by atoms with E-state index in [-0.39, 0.29) is 5.91 Å². The summed E-state index contributed by atoms with van der Waals surface area (Å²) in [5.74, 6) is 1.45. The first-order chi connectivity index (χ1) is 12.1. The molecule has 0 radical (unpaired) electrons. The van der Waals surface area contributed by atoms with Crippen LogP contribution in [0.3, 0.4) is 0 Å². The topological polar surface area (TPSA) is 54.3 Å². The minimum absolute atomic E-state index is 0.0401. The zero-order valence-corrected chi connectivity index (χ0v) is 15.2. The maximum absolute atomic E-state index is 13.4. The van der Waals surface area contributed by atoms with Gasteiger partial charge in [0.15, 0.2) is 5.82 Å². The molecule has 25 heavy (non-hydrogen) atoms. The van der Waals surface area contributed by atoms with Gasteiger partial charge in [-0.3, -0.25) is 9.48 Å². The molecule has 1 saturated carbocycles. The Morgan fingerprint density at radius 1 is 1.36 bits per heavy atom. The summed E-state index contributed by atoms with van der Waals surface area (Å²) in [6.45, 7) is 3.48. The highest BCUT2D eigenvalue weighted by molar-refractivity contribution is 6.07. The van der Waals surface area contributed by atoms with Gasteiger partial charge in [0.1, 0.15) is 5.69 Å². The van der Waals surface area contributed by atoms with Crippen molar-refractivity contribution in [2.75, 3.05) is 30.4 Å². The lowest BCUT2D eigenvalue weighted by Crippen LogP contribution is -2.38. The Kier molecular flexibility index (Phi) is 3.98. The molecular weight excluding hydrogens is 314 g/mol. The Morgan fingerprint density at radius 3 is 2.84 bits per heavy atom. The quantitative estimate of drug-likeness (QED) is 0.859. The number of carbonyl (C=O) groups is 1. The molecule has 6 nitrogen and oxygen atoms in total. The van der Waals surface area contributed by atoms with E-state index in [1.165, 1.54) is 18.4 Å². The third kappa shape index (κ3) is 2.79. The summed E-state index contributed by atoms with van der Waals surface area (Å²) in [4.78, 5) is 21.8. The van der Waals surface area contributed by atoms with Crippen molar-refractivity contribution in [2.24, 2.45) is 0 Å². The van der Waals surface area contributed by atoms with E-state index in [9.17, 15) is 4.79 Å². The molecule has 2 aromatic rings. The summed E-state index contributed by atoms with van der Waals surface area (Å²) in [5.41, 5.74) is 3.93. The minimum Gasteiger partial charge on any atom is -0.361 e. The standard InChI is InChI=1S/C19H25N5O/c1-4-24-16(12-15(21-24)13-7-8-13)19(25)23-11-5-6-14-9-10-20-18(17(14)23)22(2)3/h9-10,12-13H,4-8,11H2,1-3H3. The lowest BCUT2D eigenvalue weighted by Gasteiger charge is -2.32. The summed E-state index contributed by atoms with van der Waals surface area (Å²) in [5, 5.41) is 4.66. The highest BCUT2D eigenvalue weighted by Crippen LogP contribution is 2.40. The van der Waals surface area contributed by atoms with Crippen molar-refractivity contribution in [3.8, 4) is 0 Å². The number of carbonyl (C=O) groups excluding carboxylic acids is 1. The molecule has 2 aromatic heterocycles. The van der Waals surface area contributed by atoms with Gasteiger partial charge in [0.2, 0.25) is 0 Å². The molecule has 2 aliphatic rings. The Hall–Kier alpha value is -2.37. The van der Waals surface area contributed by atoms with Crippen molar-refractivity contribution in [2.45, 2.75) is 45.1 Å². The number of nitrogens with zero attached hydrogens (tertiary/aromatic N) is 5. The lowest BCUT2D eigenvalue weighted by atomic mass is 10.0. The van der Waals surface area contributed by atoms with Crippen LogP contribution in [-0.4, -0.2) is 41.3 Å². The zero-order chi connectivity index (χ0) is 17.6. The number of anilines is 2. The second kappa shape index (κ2) is 6.17. The van der Waals surface area contributed by atoms with E-state index >= 15 is 0 Å². The molecule has 0 aromatic carbocycles. The molecule has 0 atom stereocenters. The van der Waals surface area contributed by atoms with Crippen LogP contribution in [0.4, 0.5) is 11.5 Å². The zero-order valence-electron chi connectivity index (χ0n) is 15.2. The summed E-state index contributed by atoms with van der Waals surface area (Å²) in [6, 6.07) is 4.04. The maximum Gasteiger partial charge on any atom is 0.276 e. The molecule has 0 unspecified atom stereocenters. The molecule has 0 spiro atoms. The fourth-order valence-electron chi connectivity index (χ4n) is 3.61. The summed E-state index contributed by atoms with van der Waals surface area (Å²) < 4.78 is 1.86. The molecule has 6 heteroatoms.